The maximum atomic E-state index is 14.3. The molecule has 0 amide bonds. The van der Waals surface area contributed by atoms with E-state index in [4.69, 9.17) is 37.9 Å². The lowest BCUT2D eigenvalue weighted by molar-refractivity contribution is 0.0443. The number of hydrogen-bond acceptors (Lipinski definition) is 9. The van der Waals surface area contributed by atoms with Gasteiger partial charge in [-0.2, -0.15) is 0 Å². The fourth-order valence-electron chi connectivity index (χ4n) is 3.77. The molecule has 0 bridgehead atoms. The molecule has 0 spiro atoms. The SMILES string of the molecule is COCOc1cc(OC)cc(COCc2ccccc2)c1C(=O)c1c(OCOC)cc(C)cc1OCOC. The van der Waals surface area contributed by atoms with Crippen molar-refractivity contribution >= 4 is 5.78 Å². The number of ether oxygens (including phenoxy) is 8. The molecular weight excluding hydrogens is 492 g/mol. The van der Waals surface area contributed by atoms with Gasteiger partial charge in [0, 0.05) is 27.4 Å². The van der Waals surface area contributed by atoms with Gasteiger partial charge >= 0.3 is 0 Å². The number of methoxy groups -OCH3 is 4. The van der Waals surface area contributed by atoms with E-state index >= 15 is 0 Å². The summed E-state index contributed by atoms with van der Waals surface area (Å²) in [6.45, 7) is 2.15. The zero-order chi connectivity index (χ0) is 27.3. The Balaban J connectivity index is 2.11. The Morgan fingerprint density at radius 2 is 1.24 bits per heavy atom. The molecule has 204 valence electrons. The van der Waals surface area contributed by atoms with Crippen LogP contribution in [0.3, 0.4) is 0 Å². The number of ketones is 1. The molecule has 3 rings (SSSR count). The van der Waals surface area contributed by atoms with Crippen molar-refractivity contribution in [2.24, 2.45) is 0 Å². The standard InChI is InChI=1S/C29H34O9/c1-20-11-24(36-17-31-2)28(25(12-20)37-18-32-3)29(30)27-22(16-35-15-21-9-7-6-8-10-21)13-23(34-5)14-26(27)38-19-33-4/h6-14H,15-19H2,1-5H3. The van der Waals surface area contributed by atoms with Gasteiger partial charge in [0.15, 0.2) is 20.4 Å². The number of rotatable bonds is 16. The molecule has 38 heavy (non-hydrogen) atoms. The van der Waals surface area contributed by atoms with Crippen molar-refractivity contribution in [2.75, 3.05) is 48.8 Å². The first kappa shape index (κ1) is 28.9. The minimum atomic E-state index is -0.394. The summed E-state index contributed by atoms with van der Waals surface area (Å²) < 4.78 is 44.2. The van der Waals surface area contributed by atoms with Crippen LogP contribution in [0.5, 0.6) is 23.0 Å². The van der Waals surface area contributed by atoms with Crippen molar-refractivity contribution in [2.45, 2.75) is 20.1 Å². The second kappa shape index (κ2) is 14.9. The summed E-state index contributed by atoms with van der Waals surface area (Å²) in [5.41, 5.74) is 2.86. The van der Waals surface area contributed by atoms with Gasteiger partial charge in [0.25, 0.3) is 0 Å². The minimum Gasteiger partial charge on any atom is -0.497 e. The zero-order valence-corrected chi connectivity index (χ0v) is 22.4. The van der Waals surface area contributed by atoms with Crippen molar-refractivity contribution < 1.29 is 42.7 Å². The summed E-state index contributed by atoms with van der Waals surface area (Å²) in [5, 5.41) is 0. The van der Waals surface area contributed by atoms with Crippen LogP contribution in [0.25, 0.3) is 0 Å². The summed E-state index contributed by atoms with van der Waals surface area (Å²) in [6, 6.07) is 16.6. The summed E-state index contributed by atoms with van der Waals surface area (Å²) in [7, 11) is 6.04. The fraction of sp³-hybridized carbons (Fsp3) is 0.345. The normalized spacial score (nSPS) is 10.8. The van der Waals surface area contributed by atoms with Crippen LogP contribution in [0.4, 0.5) is 0 Å². The van der Waals surface area contributed by atoms with Crippen LogP contribution < -0.4 is 18.9 Å². The Hall–Kier alpha value is -3.63. The molecule has 0 radical (unpaired) electrons. The molecule has 0 aliphatic carbocycles. The van der Waals surface area contributed by atoms with E-state index in [-0.39, 0.29) is 43.9 Å². The Bertz CT molecular complexity index is 1150. The van der Waals surface area contributed by atoms with Gasteiger partial charge in [-0.3, -0.25) is 4.79 Å². The number of hydrogen-bond donors (Lipinski definition) is 0. The van der Waals surface area contributed by atoms with Gasteiger partial charge in [-0.15, -0.1) is 0 Å². The molecule has 3 aromatic rings. The van der Waals surface area contributed by atoms with E-state index in [2.05, 4.69) is 0 Å². The molecule has 0 saturated heterocycles. The summed E-state index contributed by atoms with van der Waals surface area (Å²) >= 11 is 0. The minimum absolute atomic E-state index is 0.0594. The summed E-state index contributed by atoms with van der Waals surface area (Å²) in [4.78, 5) is 14.3. The quantitative estimate of drug-likeness (QED) is 0.191. The maximum Gasteiger partial charge on any atom is 0.204 e. The number of carbonyl (C=O) groups is 1. The Morgan fingerprint density at radius 1 is 0.684 bits per heavy atom. The number of carbonyl (C=O) groups excluding carboxylic acids is 1. The summed E-state index contributed by atoms with van der Waals surface area (Å²) in [5.74, 6) is 0.974. The van der Waals surface area contributed by atoms with Gasteiger partial charge in [-0.05, 0) is 41.8 Å². The van der Waals surface area contributed by atoms with Gasteiger partial charge in [0.1, 0.15) is 28.6 Å². The van der Waals surface area contributed by atoms with E-state index in [9.17, 15) is 4.79 Å². The van der Waals surface area contributed by atoms with Crippen LogP contribution in [0.2, 0.25) is 0 Å². The molecule has 9 heteroatoms. The molecule has 9 nitrogen and oxygen atoms in total. The second-order valence-electron chi connectivity index (χ2n) is 8.26. The first-order valence-corrected chi connectivity index (χ1v) is 11.9. The van der Waals surface area contributed by atoms with Crippen LogP contribution in [0.1, 0.15) is 32.6 Å². The summed E-state index contributed by atoms with van der Waals surface area (Å²) in [6.07, 6.45) is 0. The highest BCUT2D eigenvalue weighted by Crippen LogP contribution is 2.38. The molecule has 3 aromatic carbocycles. The van der Waals surface area contributed by atoms with Crippen LogP contribution in [-0.2, 0) is 32.2 Å². The maximum absolute atomic E-state index is 14.3. The van der Waals surface area contributed by atoms with Crippen LogP contribution >= 0.6 is 0 Å². The van der Waals surface area contributed by atoms with Crippen molar-refractivity contribution in [3.63, 3.8) is 0 Å². The van der Waals surface area contributed by atoms with E-state index in [0.717, 1.165) is 11.1 Å². The van der Waals surface area contributed by atoms with E-state index < -0.39 is 5.78 Å². The lowest BCUT2D eigenvalue weighted by Gasteiger charge is -2.20. The Morgan fingerprint density at radius 3 is 1.76 bits per heavy atom. The third-order valence-corrected chi connectivity index (χ3v) is 5.42. The average molecular weight is 527 g/mol. The van der Waals surface area contributed by atoms with E-state index in [1.54, 1.807) is 31.4 Å². The van der Waals surface area contributed by atoms with Gasteiger partial charge < -0.3 is 37.9 Å². The predicted octanol–water partition coefficient (Wildman–Crippen LogP) is 4.90. The van der Waals surface area contributed by atoms with E-state index in [1.165, 1.54) is 21.3 Å². The van der Waals surface area contributed by atoms with Gasteiger partial charge in [0.05, 0.1) is 25.9 Å². The van der Waals surface area contributed by atoms with Crippen molar-refractivity contribution in [3.05, 3.63) is 82.4 Å². The topological polar surface area (TPSA) is 90.9 Å². The van der Waals surface area contributed by atoms with Gasteiger partial charge in [0.2, 0.25) is 5.78 Å². The van der Waals surface area contributed by atoms with Crippen molar-refractivity contribution in [3.8, 4) is 23.0 Å². The highest BCUT2D eigenvalue weighted by Gasteiger charge is 2.28. The fourth-order valence-corrected chi connectivity index (χ4v) is 3.77. The highest BCUT2D eigenvalue weighted by atomic mass is 16.7. The van der Waals surface area contributed by atoms with E-state index in [0.29, 0.717) is 29.4 Å². The second-order valence-corrected chi connectivity index (χ2v) is 8.26. The molecule has 0 aliphatic rings. The van der Waals surface area contributed by atoms with Crippen molar-refractivity contribution in [1.29, 1.82) is 0 Å². The van der Waals surface area contributed by atoms with Crippen LogP contribution in [0.15, 0.2) is 54.6 Å². The van der Waals surface area contributed by atoms with Crippen LogP contribution in [-0.4, -0.2) is 54.6 Å². The smallest absolute Gasteiger partial charge is 0.204 e. The molecule has 0 aliphatic heterocycles. The monoisotopic (exact) mass is 526 g/mol. The molecule has 0 heterocycles. The van der Waals surface area contributed by atoms with Crippen molar-refractivity contribution in [1.82, 2.24) is 0 Å². The number of benzene rings is 3. The molecular formula is C29H34O9. The lowest BCUT2D eigenvalue weighted by Crippen LogP contribution is -2.15. The van der Waals surface area contributed by atoms with Crippen LogP contribution in [0, 0.1) is 6.92 Å². The number of aryl methyl sites for hydroxylation is 1. The molecule has 0 unspecified atom stereocenters. The Labute approximate surface area is 223 Å². The average Bonchev–Trinajstić information content (AvgIpc) is 2.93. The lowest BCUT2D eigenvalue weighted by atomic mass is 9.95. The Kier molecular flexibility index (Phi) is 11.4. The molecule has 0 atom stereocenters. The first-order valence-electron chi connectivity index (χ1n) is 11.9. The highest BCUT2D eigenvalue weighted by molar-refractivity contribution is 6.15. The molecule has 0 aromatic heterocycles. The third kappa shape index (κ3) is 7.69. The zero-order valence-electron chi connectivity index (χ0n) is 22.4. The molecule has 0 fully saturated rings. The largest absolute Gasteiger partial charge is 0.497 e. The first-order chi connectivity index (χ1) is 18.5. The van der Waals surface area contributed by atoms with Gasteiger partial charge in [-0.25, -0.2) is 0 Å². The molecule has 0 N–H and O–H groups in total. The predicted molar refractivity (Wildman–Crippen MR) is 140 cm³/mol. The molecule has 0 saturated carbocycles. The third-order valence-electron chi connectivity index (χ3n) is 5.42. The van der Waals surface area contributed by atoms with E-state index in [1.807, 2.05) is 37.3 Å². The van der Waals surface area contributed by atoms with Gasteiger partial charge in [-0.1, -0.05) is 30.3 Å².